The van der Waals surface area contributed by atoms with Crippen molar-refractivity contribution in [3.63, 3.8) is 0 Å². The van der Waals surface area contributed by atoms with E-state index in [0.29, 0.717) is 18.0 Å². The van der Waals surface area contributed by atoms with Gasteiger partial charge in [-0.05, 0) is 18.4 Å². The van der Waals surface area contributed by atoms with Gasteiger partial charge in [-0.1, -0.05) is 44.2 Å². The van der Waals surface area contributed by atoms with E-state index in [1.54, 1.807) is 0 Å². The molecular weight excluding hydrogens is 208 g/mol. The average molecular weight is 232 g/mol. The number of hydrogen-bond acceptors (Lipinski definition) is 2. The molecule has 2 rings (SSSR count). The van der Waals surface area contributed by atoms with E-state index in [9.17, 15) is 0 Å². The Balaban J connectivity index is 2.18. The molecule has 1 N–H and O–H groups in total. The van der Waals surface area contributed by atoms with Gasteiger partial charge in [-0.2, -0.15) is 0 Å². The number of piperazine rings is 1. The summed E-state index contributed by atoms with van der Waals surface area (Å²) in [5.41, 5.74) is 1.44. The van der Waals surface area contributed by atoms with E-state index in [4.69, 9.17) is 0 Å². The van der Waals surface area contributed by atoms with Crippen molar-refractivity contribution in [2.45, 2.75) is 32.9 Å². The van der Waals surface area contributed by atoms with Gasteiger partial charge in [0.25, 0.3) is 0 Å². The first-order chi connectivity index (χ1) is 8.20. The molecule has 0 bridgehead atoms. The molecule has 94 valence electrons. The topological polar surface area (TPSA) is 15.3 Å². The van der Waals surface area contributed by atoms with Crippen molar-refractivity contribution in [2.24, 2.45) is 5.92 Å². The van der Waals surface area contributed by atoms with Gasteiger partial charge in [-0.3, -0.25) is 4.90 Å². The van der Waals surface area contributed by atoms with E-state index in [0.717, 1.165) is 19.6 Å². The Kier molecular flexibility index (Phi) is 4.19. The lowest BCUT2D eigenvalue weighted by Crippen LogP contribution is -2.51. The predicted molar refractivity (Wildman–Crippen MR) is 73.1 cm³/mol. The second kappa shape index (κ2) is 5.65. The molecule has 2 unspecified atom stereocenters. The first-order valence-electron chi connectivity index (χ1n) is 6.71. The zero-order valence-corrected chi connectivity index (χ0v) is 11.2. The number of nitrogens with zero attached hydrogens (tertiary/aromatic N) is 1. The van der Waals surface area contributed by atoms with Gasteiger partial charge in [-0.25, -0.2) is 0 Å². The summed E-state index contributed by atoms with van der Waals surface area (Å²) < 4.78 is 0. The number of rotatable bonds is 3. The standard InChI is InChI=1S/C15H24N2/c1-12(2)13(3)17-10-9-16-11-15(17)14-7-5-4-6-8-14/h4-8,12-13,15-16H,9-11H2,1-3H3. The molecule has 0 amide bonds. The van der Waals surface area contributed by atoms with Crippen molar-refractivity contribution in [1.29, 1.82) is 0 Å². The molecule has 1 aliphatic heterocycles. The quantitative estimate of drug-likeness (QED) is 0.862. The minimum absolute atomic E-state index is 0.530. The molecule has 2 nitrogen and oxygen atoms in total. The minimum atomic E-state index is 0.530. The fraction of sp³-hybridized carbons (Fsp3) is 0.600. The van der Waals surface area contributed by atoms with Crippen LogP contribution in [-0.4, -0.2) is 30.6 Å². The van der Waals surface area contributed by atoms with Gasteiger partial charge in [0.05, 0.1) is 0 Å². The molecule has 17 heavy (non-hydrogen) atoms. The Labute approximate surface area is 105 Å². The average Bonchev–Trinajstić information content (AvgIpc) is 2.39. The summed E-state index contributed by atoms with van der Waals surface area (Å²) in [6.07, 6.45) is 0. The van der Waals surface area contributed by atoms with E-state index in [2.05, 4.69) is 61.3 Å². The maximum absolute atomic E-state index is 3.52. The minimum Gasteiger partial charge on any atom is -0.314 e. The molecule has 0 radical (unpaired) electrons. The molecule has 0 saturated carbocycles. The third kappa shape index (κ3) is 2.88. The van der Waals surface area contributed by atoms with E-state index in [1.165, 1.54) is 5.56 Å². The van der Waals surface area contributed by atoms with Crippen molar-refractivity contribution >= 4 is 0 Å². The third-order valence-corrected chi connectivity index (χ3v) is 3.96. The summed E-state index contributed by atoms with van der Waals surface area (Å²) in [5, 5.41) is 3.52. The fourth-order valence-electron chi connectivity index (χ4n) is 2.57. The Bertz CT molecular complexity index is 334. The SMILES string of the molecule is CC(C)C(C)N1CCNCC1c1ccccc1. The Morgan fingerprint density at radius 3 is 2.53 bits per heavy atom. The van der Waals surface area contributed by atoms with Crippen LogP contribution in [0.2, 0.25) is 0 Å². The van der Waals surface area contributed by atoms with E-state index >= 15 is 0 Å². The van der Waals surface area contributed by atoms with Crippen molar-refractivity contribution < 1.29 is 0 Å². The second-order valence-electron chi connectivity index (χ2n) is 5.35. The molecule has 1 aliphatic rings. The summed E-state index contributed by atoms with van der Waals surface area (Å²) in [4.78, 5) is 2.65. The Morgan fingerprint density at radius 2 is 1.88 bits per heavy atom. The zero-order chi connectivity index (χ0) is 12.3. The summed E-state index contributed by atoms with van der Waals surface area (Å²) in [7, 11) is 0. The van der Waals surface area contributed by atoms with Gasteiger partial charge >= 0.3 is 0 Å². The van der Waals surface area contributed by atoms with Gasteiger partial charge < -0.3 is 5.32 Å². The highest BCUT2D eigenvalue weighted by molar-refractivity contribution is 5.20. The maximum atomic E-state index is 3.52. The molecule has 1 fully saturated rings. The van der Waals surface area contributed by atoms with Crippen LogP contribution in [0.4, 0.5) is 0 Å². The smallest absolute Gasteiger partial charge is 0.0476 e. The highest BCUT2D eigenvalue weighted by Gasteiger charge is 2.28. The molecule has 2 heteroatoms. The predicted octanol–water partition coefficient (Wildman–Crippen LogP) is 2.68. The van der Waals surface area contributed by atoms with Crippen LogP contribution in [0.25, 0.3) is 0 Å². The monoisotopic (exact) mass is 232 g/mol. The summed E-state index contributed by atoms with van der Waals surface area (Å²) in [6, 6.07) is 12.0. The molecule has 2 atom stereocenters. The van der Waals surface area contributed by atoms with Crippen LogP contribution < -0.4 is 5.32 Å². The molecule has 0 aliphatic carbocycles. The zero-order valence-electron chi connectivity index (χ0n) is 11.2. The van der Waals surface area contributed by atoms with Crippen LogP contribution in [0.1, 0.15) is 32.4 Å². The molecule has 1 aromatic carbocycles. The molecular formula is C15H24N2. The summed E-state index contributed by atoms with van der Waals surface area (Å²) in [5.74, 6) is 0.708. The third-order valence-electron chi connectivity index (χ3n) is 3.96. The van der Waals surface area contributed by atoms with Gasteiger partial charge in [0.1, 0.15) is 0 Å². The lowest BCUT2D eigenvalue weighted by atomic mass is 9.97. The van der Waals surface area contributed by atoms with E-state index < -0.39 is 0 Å². The molecule has 0 spiro atoms. The molecule has 0 aromatic heterocycles. The normalized spacial score (nSPS) is 23.9. The van der Waals surface area contributed by atoms with Gasteiger partial charge in [-0.15, -0.1) is 0 Å². The number of nitrogens with one attached hydrogen (secondary N) is 1. The van der Waals surface area contributed by atoms with E-state index in [-0.39, 0.29) is 0 Å². The largest absolute Gasteiger partial charge is 0.314 e. The molecule has 1 heterocycles. The Morgan fingerprint density at radius 1 is 1.18 bits per heavy atom. The first-order valence-corrected chi connectivity index (χ1v) is 6.71. The van der Waals surface area contributed by atoms with E-state index in [1.807, 2.05) is 0 Å². The highest BCUT2D eigenvalue weighted by Crippen LogP contribution is 2.26. The first kappa shape index (κ1) is 12.6. The van der Waals surface area contributed by atoms with Gasteiger partial charge in [0, 0.05) is 31.7 Å². The molecule has 1 aromatic rings. The lowest BCUT2D eigenvalue weighted by molar-refractivity contribution is 0.0889. The fourth-order valence-corrected chi connectivity index (χ4v) is 2.57. The maximum Gasteiger partial charge on any atom is 0.0476 e. The van der Waals surface area contributed by atoms with Crippen molar-refractivity contribution in [3.8, 4) is 0 Å². The van der Waals surface area contributed by atoms with Crippen molar-refractivity contribution in [2.75, 3.05) is 19.6 Å². The van der Waals surface area contributed by atoms with Crippen molar-refractivity contribution in [3.05, 3.63) is 35.9 Å². The second-order valence-corrected chi connectivity index (χ2v) is 5.35. The van der Waals surface area contributed by atoms with Gasteiger partial charge in [0.2, 0.25) is 0 Å². The molecule has 1 saturated heterocycles. The lowest BCUT2D eigenvalue weighted by Gasteiger charge is -2.42. The van der Waals surface area contributed by atoms with Gasteiger partial charge in [0.15, 0.2) is 0 Å². The van der Waals surface area contributed by atoms with Crippen LogP contribution >= 0.6 is 0 Å². The number of benzene rings is 1. The number of hydrogen-bond donors (Lipinski definition) is 1. The van der Waals surface area contributed by atoms with Crippen LogP contribution in [0.5, 0.6) is 0 Å². The van der Waals surface area contributed by atoms with Crippen LogP contribution in [0, 0.1) is 5.92 Å². The van der Waals surface area contributed by atoms with Crippen LogP contribution in [0.15, 0.2) is 30.3 Å². The highest BCUT2D eigenvalue weighted by atomic mass is 15.2. The van der Waals surface area contributed by atoms with Crippen LogP contribution in [-0.2, 0) is 0 Å². The summed E-state index contributed by atoms with van der Waals surface area (Å²) >= 11 is 0. The Hall–Kier alpha value is -0.860. The summed E-state index contributed by atoms with van der Waals surface area (Å²) in [6.45, 7) is 10.3. The van der Waals surface area contributed by atoms with Crippen molar-refractivity contribution in [1.82, 2.24) is 10.2 Å². The van der Waals surface area contributed by atoms with Crippen LogP contribution in [0.3, 0.4) is 0 Å².